The molecule has 5 saturated carbocycles. The minimum Gasteiger partial charge on any atom is -0.508 e. The van der Waals surface area contributed by atoms with E-state index in [-0.39, 0.29) is 89.4 Å². The molecule has 0 spiro atoms. The summed E-state index contributed by atoms with van der Waals surface area (Å²) in [6, 6.07) is 36.3. The molecule has 0 amide bonds. The molecule has 8 aromatic carbocycles. The maximum Gasteiger partial charge on any atom is 0.272 e. The predicted octanol–water partition coefficient (Wildman–Crippen LogP) is 15.3. The third-order valence-corrected chi connectivity index (χ3v) is 19.8. The lowest BCUT2D eigenvalue weighted by atomic mass is 9.83. The van der Waals surface area contributed by atoms with Gasteiger partial charge in [-0.3, -0.25) is 43.2 Å². The number of rotatable bonds is 15. The van der Waals surface area contributed by atoms with Crippen molar-refractivity contribution in [3.63, 3.8) is 0 Å². The van der Waals surface area contributed by atoms with Gasteiger partial charge in [0.1, 0.15) is 99.5 Å². The second-order valence-electron chi connectivity index (χ2n) is 26.7. The van der Waals surface area contributed by atoms with Crippen LogP contribution in [0.2, 0.25) is 0 Å². The third-order valence-electron chi connectivity index (χ3n) is 19.8. The number of carbonyl (C=O) groups is 9. The molecular weight excluding hydrogens is 1310 g/mol. The maximum atomic E-state index is 12.5. The van der Waals surface area contributed by atoms with E-state index in [4.69, 9.17) is 32.3 Å². The molecule has 102 heavy (non-hydrogen) atoms. The van der Waals surface area contributed by atoms with Gasteiger partial charge in [-0.1, -0.05) is 69.9 Å². The molecular formula is C79H68F2N4O17. The monoisotopic (exact) mass is 1380 g/mol. The standard InChI is InChI=1S/C23H21NO4.C20H19NO5.C19H15F2NO4.C17H13NO4/c25-16-6-8-18(20(27)12-16)23-22-17-7-4-15(19(26)9-3-13-1-2-13)11-14(17)5-10-21(22)28-24-23;1-24-8-9-25-14-4-6-15-12(10-14)2-7-18-19(15)20(21-26-18)16-5-3-13(22)11-17(16)23;20-17(21)9-25-12-3-5-13-10(7-12)1-6-16-18(13)19(22-26-16)14-4-2-11(23)8-15(14)24;19-10-2-4-12-9(7-10)1-6-15-16(12)17(18-22-15)13-5-3-11(20)8-14(13)21/h4-5,7,10-11,13,18H,1-3,6,8-9,12H2;2,4,6-7,10,16H,3,5,8-9,11H2,1H3;1,3,5-7,14,17H,2,4,8-9H2;1-2,4,6-7,13,19H,3,5,8H2. The van der Waals surface area contributed by atoms with Gasteiger partial charge in [0.15, 0.2) is 28.1 Å². The first-order valence-corrected chi connectivity index (χ1v) is 34.1. The topological polar surface area (TPSA) is 306 Å². The van der Waals surface area contributed by atoms with Gasteiger partial charge < -0.3 is 37.4 Å². The van der Waals surface area contributed by atoms with E-state index in [1.54, 1.807) is 61.7 Å². The molecule has 4 heterocycles. The summed E-state index contributed by atoms with van der Waals surface area (Å²) in [6.45, 7) is 0.333. The van der Waals surface area contributed by atoms with Crippen LogP contribution in [0.4, 0.5) is 8.78 Å². The number of hydrogen-bond acceptors (Lipinski definition) is 21. The highest BCUT2D eigenvalue weighted by molar-refractivity contribution is 6.16. The number of hydrogen-bond donors (Lipinski definition) is 1. The molecule has 1 N–H and O–H groups in total. The molecule has 0 saturated heterocycles. The van der Waals surface area contributed by atoms with E-state index in [1.165, 1.54) is 12.8 Å². The Morgan fingerprint density at radius 3 is 1.19 bits per heavy atom. The first-order valence-electron chi connectivity index (χ1n) is 34.1. The Balaban J connectivity index is 0.000000116. The number of methoxy groups -OCH3 is 1. The number of nitrogens with zero attached hydrogens (tertiary/aromatic N) is 4. The van der Waals surface area contributed by atoms with Gasteiger partial charge in [-0.15, -0.1) is 0 Å². The van der Waals surface area contributed by atoms with Crippen LogP contribution in [0.1, 0.15) is 160 Å². The smallest absolute Gasteiger partial charge is 0.272 e. The number of phenolic OH excluding ortho intramolecular Hbond substituents is 1. The number of Topliss-reactive ketones (excluding diaryl/α,β-unsaturated/α-hetero) is 9. The van der Waals surface area contributed by atoms with Crippen molar-refractivity contribution >= 4 is 139 Å². The van der Waals surface area contributed by atoms with Crippen molar-refractivity contribution in [1.82, 2.24) is 20.6 Å². The van der Waals surface area contributed by atoms with Crippen LogP contribution in [0.5, 0.6) is 17.2 Å². The molecule has 12 aromatic rings. The molecule has 4 unspecified atom stereocenters. The predicted molar refractivity (Wildman–Crippen MR) is 369 cm³/mol. The lowest BCUT2D eigenvalue weighted by molar-refractivity contribution is -0.132. The summed E-state index contributed by atoms with van der Waals surface area (Å²) in [4.78, 5) is 108. The Morgan fingerprint density at radius 2 is 0.814 bits per heavy atom. The molecule has 4 aromatic heterocycles. The third kappa shape index (κ3) is 14.3. The van der Waals surface area contributed by atoms with Crippen LogP contribution in [0.3, 0.4) is 0 Å². The number of ketones is 9. The average molecular weight is 1380 g/mol. The Morgan fingerprint density at radius 1 is 0.451 bits per heavy atom. The SMILES string of the molecule is COCCOc1ccc2c(ccc3onc(C4CCC(=O)CC4=O)c32)c1.O=C1CCC(c2noc3ccc4cc(C(=O)CCC5CC5)ccc4c23)C(=O)C1.O=C1CCC(c2noc3ccc4cc(O)ccc4c23)C(=O)C1.O=C1CCC(c2noc3ccc4cc(OCC(F)F)ccc4c23)C(=O)C1. The largest absolute Gasteiger partial charge is 0.508 e. The first kappa shape index (κ1) is 68.1. The fourth-order valence-electron chi connectivity index (χ4n) is 14.4. The summed E-state index contributed by atoms with van der Waals surface area (Å²) in [5, 5.41) is 36.5. The van der Waals surface area contributed by atoms with Gasteiger partial charge in [0.2, 0.25) is 0 Å². The van der Waals surface area contributed by atoms with Gasteiger partial charge in [-0.05, 0) is 166 Å². The highest BCUT2D eigenvalue weighted by atomic mass is 19.3. The number of benzene rings is 8. The summed E-state index contributed by atoms with van der Waals surface area (Å²) in [6.07, 6.45) is 4.84. The van der Waals surface area contributed by atoms with E-state index in [1.807, 2.05) is 66.7 Å². The molecule has 5 fully saturated rings. The molecule has 0 aliphatic heterocycles. The quantitative estimate of drug-likeness (QED) is 0.0566. The fourth-order valence-corrected chi connectivity index (χ4v) is 14.4. The van der Waals surface area contributed by atoms with Crippen molar-refractivity contribution in [2.24, 2.45) is 5.92 Å². The van der Waals surface area contributed by atoms with Gasteiger partial charge in [0.05, 0.1) is 77.5 Å². The second kappa shape index (κ2) is 29.3. The van der Waals surface area contributed by atoms with Gasteiger partial charge in [0.25, 0.3) is 6.43 Å². The highest BCUT2D eigenvalue weighted by Crippen LogP contribution is 2.43. The van der Waals surface area contributed by atoms with Crippen LogP contribution in [-0.4, -0.2) is 111 Å². The number of alkyl halides is 2. The van der Waals surface area contributed by atoms with E-state index in [0.29, 0.717) is 122 Å². The van der Waals surface area contributed by atoms with Crippen LogP contribution in [0.25, 0.3) is 87.0 Å². The van der Waals surface area contributed by atoms with E-state index >= 15 is 0 Å². The highest BCUT2D eigenvalue weighted by Gasteiger charge is 2.37. The van der Waals surface area contributed by atoms with Crippen LogP contribution in [0.15, 0.2) is 139 Å². The molecule has 21 nitrogen and oxygen atoms in total. The van der Waals surface area contributed by atoms with Crippen LogP contribution in [-0.2, 0) is 43.1 Å². The van der Waals surface area contributed by atoms with E-state index in [9.17, 15) is 57.0 Å². The van der Waals surface area contributed by atoms with Crippen molar-refractivity contribution in [3.8, 4) is 17.2 Å². The van der Waals surface area contributed by atoms with Gasteiger partial charge in [-0.2, -0.15) is 0 Å². The summed E-state index contributed by atoms with van der Waals surface area (Å²) in [7, 11) is 1.63. The Labute approximate surface area is 579 Å². The minimum absolute atomic E-state index is 0.00163. The van der Waals surface area contributed by atoms with Crippen molar-refractivity contribution in [2.75, 3.05) is 26.9 Å². The average Bonchev–Trinajstić information content (AvgIpc) is 1.56. The van der Waals surface area contributed by atoms with Crippen molar-refractivity contribution in [2.45, 2.75) is 133 Å². The molecule has 17 rings (SSSR count). The molecule has 0 bridgehead atoms. The van der Waals surface area contributed by atoms with Crippen molar-refractivity contribution in [3.05, 3.63) is 150 Å². The zero-order chi connectivity index (χ0) is 70.9. The summed E-state index contributed by atoms with van der Waals surface area (Å²) in [5.41, 5.74) is 5.53. The zero-order valence-corrected chi connectivity index (χ0v) is 55.5. The number of phenols is 1. The van der Waals surface area contributed by atoms with Crippen LogP contribution in [0, 0.1) is 5.92 Å². The fraction of sp³-hybridized carbons (Fsp3) is 0.329. The van der Waals surface area contributed by atoms with Crippen LogP contribution >= 0.6 is 0 Å². The number of fused-ring (bicyclic) bond motifs is 12. The molecule has 23 heteroatoms. The van der Waals surface area contributed by atoms with Crippen molar-refractivity contribution in [1.29, 1.82) is 0 Å². The number of ether oxygens (including phenoxy) is 3. The lowest BCUT2D eigenvalue weighted by Crippen LogP contribution is -2.23. The molecule has 5 aliphatic rings. The van der Waals surface area contributed by atoms with Gasteiger partial charge >= 0.3 is 0 Å². The molecule has 520 valence electrons. The molecule has 0 radical (unpaired) electrons. The molecule has 4 atom stereocenters. The Bertz CT molecular complexity index is 5370. The van der Waals surface area contributed by atoms with E-state index in [2.05, 4.69) is 20.6 Å². The number of carbonyl (C=O) groups excluding carboxylic acids is 9. The first-order chi connectivity index (χ1) is 49.4. The Hall–Kier alpha value is -11.1. The summed E-state index contributed by atoms with van der Waals surface area (Å²) in [5.74, 6) is 0.0996. The maximum absolute atomic E-state index is 12.5. The molecule has 5 aliphatic carbocycles. The van der Waals surface area contributed by atoms with Crippen LogP contribution < -0.4 is 9.47 Å². The summed E-state index contributed by atoms with van der Waals surface area (Å²) >= 11 is 0. The lowest BCUT2D eigenvalue weighted by Gasteiger charge is -2.18. The Kier molecular flexibility index (Phi) is 19.5. The number of aromatic nitrogens is 4. The zero-order valence-electron chi connectivity index (χ0n) is 55.5. The summed E-state index contributed by atoms with van der Waals surface area (Å²) < 4.78 is 62.1. The number of aromatic hydroxyl groups is 1. The van der Waals surface area contributed by atoms with Gasteiger partial charge in [0, 0.05) is 44.8 Å². The van der Waals surface area contributed by atoms with Gasteiger partial charge in [-0.25, -0.2) is 8.78 Å². The second-order valence-corrected chi connectivity index (χ2v) is 26.7. The minimum atomic E-state index is -2.54. The van der Waals surface area contributed by atoms with E-state index < -0.39 is 30.8 Å². The van der Waals surface area contributed by atoms with E-state index in [0.717, 1.165) is 88.3 Å². The normalized spacial score (nSPS) is 18.9. The number of halogens is 2. The van der Waals surface area contributed by atoms with Crippen molar-refractivity contribution < 1.29 is 89.3 Å².